The van der Waals surface area contributed by atoms with Gasteiger partial charge < -0.3 is 0 Å². The van der Waals surface area contributed by atoms with E-state index in [0.29, 0.717) is 12.0 Å². The molecule has 21 heavy (non-hydrogen) atoms. The second kappa shape index (κ2) is 7.30. The lowest BCUT2D eigenvalue weighted by atomic mass is 10.2. The Labute approximate surface area is 124 Å². The Hall–Kier alpha value is -1.03. The monoisotopic (exact) mass is 338 g/mol. The Morgan fingerprint density at radius 3 is 2.29 bits per heavy atom. The van der Waals surface area contributed by atoms with E-state index in [9.17, 15) is 21.2 Å². The summed E-state index contributed by atoms with van der Waals surface area (Å²) in [6.07, 6.45) is 0.298. The number of aryl methyl sites for hydroxylation is 1. The van der Waals surface area contributed by atoms with Crippen LogP contribution in [0, 0.1) is 12.7 Å². The number of hydrogen-bond acceptors (Lipinski definition) is 4. The van der Waals surface area contributed by atoms with E-state index in [0.717, 1.165) is 6.07 Å². The molecule has 2 N–H and O–H groups in total. The van der Waals surface area contributed by atoms with Gasteiger partial charge >= 0.3 is 0 Å². The molecule has 0 aliphatic heterocycles. The van der Waals surface area contributed by atoms with Gasteiger partial charge in [0.15, 0.2) is 0 Å². The number of halogens is 1. The zero-order valence-corrected chi connectivity index (χ0v) is 13.5. The van der Waals surface area contributed by atoms with Crippen molar-refractivity contribution in [3.8, 4) is 0 Å². The Bertz CT molecular complexity index is 687. The molecule has 0 aromatic heterocycles. The van der Waals surface area contributed by atoms with Crippen molar-refractivity contribution in [1.29, 1.82) is 0 Å². The van der Waals surface area contributed by atoms with Crippen LogP contribution in [0.4, 0.5) is 4.39 Å². The molecule has 6 nitrogen and oxygen atoms in total. The third kappa shape index (κ3) is 5.70. The molecule has 0 amide bonds. The molecule has 0 spiro atoms. The van der Waals surface area contributed by atoms with E-state index in [1.807, 2.05) is 0 Å². The summed E-state index contributed by atoms with van der Waals surface area (Å²) >= 11 is 0. The first-order chi connectivity index (χ1) is 9.68. The maximum atomic E-state index is 13.4. The van der Waals surface area contributed by atoms with Gasteiger partial charge in [-0.3, -0.25) is 0 Å². The lowest BCUT2D eigenvalue weighted by molar-refractivity contribution is 0.570. The molecule has 0 unspecified atom stereocenters. The van der Waals surface area contributed by atoms with E-state index >= 15 is 0 Å². The standard InChI is InChI=1S/C12H19FN2O4S2/c1-3-20(16,17)14-7-4-8-15-21(18,19)11-6-5-10(2)12(13)9-11/h5-6,9,14-15H,3-4,7-8H2,1-2H3. The Balaban J connectivity index is 2.52. The van der Waals surface area contributed by atoms with Gasteiger partial charge in [0.2, 0.25) is 20.0 Å². The first-order valence-corrected chi connectivity index (χ1v) is 9.54. The largest absolute Gasteiger partial charge is 0.240 e. The number of benzene rings is 1. The molecular weight excluding hydrogens is 319 g/mol. The summed E-state index contributed by atoms with van der Waals surface area (Å²) in [5.41, 5.74) is 0.364. The first-order valence-electron chi connectivity index (χ1n) is 6.41. The zero-order chi connectivity index (χ0) is 16.1. The third-order valence-electron chi connectivity index (χ3n) is 2.80. The summed E-state index contributed by atoms with van der Waals surface area (Å²) in [6.45, 7) is 3.25. The fourth-order valence-corrected chi connectivity index (χ4v) is 3.19. The quantitative estimate of drug-likeness (QED) is 0.684. The highest BCUT2D eigenvalue weighted by Gasteiger charge is 2.15. The van der Waals surface area contributed by atoms with E-state index in [2.05, 4.69) is 9.44 Å². The van der Waals surface area contributed by atoms with E-state index in [1.165, 1.54) is 19.1 Å². The first kappa shape index (κ1) is 18.0. The molecule has 0 atom stereocenters. The molecule has 0 saturated heterocycles. The molecule has 0 radical (unpaired) electrons. The van der Waals surface area contributed by atoms with Crippen LogP contribution >= 0.6 is 0 Å². The predicted molar refractivity (Wildman–Crippen MR) is 78.4 cm³/mol. The number of sulfonamides is 2. The van der Waals surface area contributed by atoms with Gasteiger partial charge in [0.1, 0.15) is 5.82 Å². The summed E-state index contributed by atoms with van der Waals surface area (Å²) in [7, 11) is -7.06. The van der Waals surface area contributed by atoms with E-state index in [4.69, 9.17) is 0 Å². The predicted octanol–water partition coefficient (Wildman–Crippen LogP) is 0.742. The van der Waals surface area contributed by atoms with Crippen molar-refractivity contribution < 1.29 is 21.2 Å². The second-order valence-corrected chi connectivity index (χ2v) is 8.32. The Kier molecular flexibility index (Phi) is 6.26. The highest BCUT2D eigenvalue weighted by Crippen LogP contribution is 2.13. The van der Waals surface area contributed by atoms with Crippen LogP contribution in [0.15, 0.2) is 23.1 Å². The lowest BCUT2D eigenvalue weighted by Gasteiger charge is -2.08. The molecule has 9 heteroatoms. The minimum Gasteiger partial charge on any atom is -0.215 e. The van der Waals surface area contributed by atoms with Gasteiger partial charge in [0, 0.05) is 13.1 Å². The topological polar surface area (TPSA) is 92.3 Å². The van der Waals surface area contributed by atoms with Crippen LogP contribution in [0.1, 0.15) is 18.9 Å². The molecule has 0 bridgehead atoms. The van der Waals surface area contributed by atoms with Crippen molar-refractivity contribution in [3.05, 3.63) is 29.6 Å². The molecule has 0 fully saturated rings. The summed E-state index contributed by atoms with van der Waals surface area (Å²) < 4.78 is 64.1. The summed E-state index contributed by atoms with van der Waals surface area (Å²) in [5, 5.41) is 0. The van der Waals surface area contributed by atoms with Gasteiger partial charge in [-0.2, -0.15) is 0 Å². The van der Waals surface area contributed by atoms with Crippen LogP contribution in [0.3, 0.4) is 0 Å². The third-order valence-corrected chi connectivity index (χ3v) is 5.66. The number of hydrogen-bond donors (Lipinski definition) is 2. The van der Waals surface area contributed by atoms with Crippen LogP contribution in [0.5, 0.6) is 0 Å². The van der Waals surface area contributed by atoms with Crippen LogP contribution in [0.25, 0.3) is 0 Å². The summed E-state index contributed by atoms with van der Waals surface area (Å²) in [4.78, 5) is -0.153. The molecule has 0 heterocycles. The average Bonchev–Trinajstić information content (AvgIpc) is 2.41. The smallest absolute Gasteiger partial charge is 0.215 e. The van der Waals surface area contributed by atoms with Gasteiger partial charge in [-0.1, -0.05) is 6.07 Å². The average molecular weight is 338 g/mol. The molecule has 120 valence electrons. The van der Waals surface area contributed by atoms with Gasteiger partial charge in [-0.15, -0.1) is 0 Å². The van der Waals surface area contributed by atoms with E-state index < -0.39 is 25.9 Å². The number of rotatable bonds is 8. The van der Waals surface area contributed by atoms with Crippen molar-refractivity contribution in [1.82, 2.24) is 9.44 Å². The van der Waals surface area contributed by atoms with Gasteiger partial charge in [-0.25, -0.2) is 30.7 Å². The molecule has 0 saturated carbocycles. The second-order valence-electron chi connectivity index (χ2n) is 4.46. The van der Waals surface area contributed by atoms with E-state index in [-0.39, 0.29) is 23.7 Å². The summed E-state index contributed by atoms with van der Waals surface area (Å²) in [5.74, 6) is -0.616. The molecule has 0 aliphatic rings. The van der Waals surface area contributed by atoms with Crippen LogP contribution in [0.2, 0.25) is 0 Å². The van der Waals surface area contributed by atoms with Gasteiger partial charge in [0.25, 0.3) is 0 Å². The number of nitrogens with one attached hydrogen (secondary N) is 2. The minimum atomic E-state index is -3.79. The Morgan fingerprint density at radius 2 is 1.71 bits per heavy atom. The van der Waals surface area contributed by atoms with Crippen molar-refractivity contribution >= 4 is 20.0 Å². The maximum Gasteiger partial charge on any atom is 0.240 e. The van der Waals surface area contributed by atoms with Gasteiger partial charge in [-0.05, 0) is 38.0 Å². The van der Waals surface area contributed by atoms with Crippen molar-refractivity contribution in [2.45, 2.75) is 25.2 Å². The lowest BCUT2D eigenvalue weighted by Crippen LogP contribution is -2.30. The van der Waals surface area contributed by atoms with Crippen molar-refractivity contribution in [2.75, 3.05) is 18.8 Å². The van der Waals surface area contributed by atoms with Crippen molar-refractivity contribution in [3.63, 3.8) is 0 Å². The fraction of sp³-hybridized carbons (Fsp3) is 0.500. The summed E-state index contributed by atoms with van der Waals surface area (Å²) in [6, 6.07) is 3.66. The maximum absolute atomic E-state index is 13.4. The minimum absolute atomic E-state index is 0.0264. The fourth-order valence-electron chi connectivity index (χ4n) is 1.45. The van der Waals surface area contributed by atoms with Gasteiger partial charge in [0.05, 0.1) is 10.6 Å². The molecule has 1 rings (SSSR count). The molecule has 1 aromatic carbocycles. The highest BCUT2D eigenvalue weighted by molar-refractivity contribution is 7.89. The molecular formula is C12H19FN2O4S2. The van der Waals surface area contributed by atoms with Crippen LogP contribution in [-0.4, -0.2) is 35.7 Å². The molecule has 0 aliphatic carbocycles. The van der Waals surface area contributed by atoms with Crippen LogP contribution < -0.4 is 9.44 Å². The van der Waals surface area contributed by atoms with Crippen molar-refractivity contribution in [2.24, 2.45) is 0 Å². The van der Waals surface area contributed by atoms with Crippen LogP contribution in [-0.2, 0) is 20.0 Å². The zero-order valence-electron chi connectivity index (χ0n) is 11.9. The van der Waals surface area contributed by atoms with E-state index in [1.54, 1.807) is 6.92 Å². The molecule has 1 aromatic rings. The highest BCUT2D eigenvalue weighted by atomic mass is 32.2. The normalized spacial score (nSPS) is 12.5. The SMILES string of the molecule is CCS(=O)(=O)NCCCNS(=O)(=O)c1ccc(C)c(F)c1. The Morgan fingerprint density at radius 1 is 1.10 bits per heavy atom.